The molecule has 0 spiro atoms. The van der Waals surface area contributed by atoms with Gasteiger partial charge in [-0.25, -0.2) is 4.98 Å². The molecule has 0 bridgehead atoms. The zero-order valence-corrected chi connectivity index (χ0v) is 8.77. The van der Waals surface area contributed by atoms with Crippen LogP contribution >= 0.6 is 15.9 Å². The molecule has 66 valence electrons. The molecule has 1 aromatic heterocycles. The first-order valence-electron chi connectivity index (χ1n) is 3.74. The Balaban J connectivity index is 2.91. The molecule has 12 heavy (non-hydrogen) atoms. The second-order valence-electron chi connectivity index (χ2n) is 2.44. The molecule has 2 N–H and O–H groups in total. The van der Waals surface area contributed by atoms with E-state index in [9.17, 15) is 0 Å². The third kappa shape index (κ3) is 2.19. The highest BCUT2D eigenvalue weighted by Gasteiger charge is 1.99. The van der Waals surface area contributed by atoms with Gasteiger partial charge >= 0.3 is 0 Å². The average Bonchev–Trinajstić information content (AvgIpc) is 2.09. The van der Waals surface area contributed by atoms with E-state index in [1.807, 2.05) is 20.2 Å². The van der Waals surface area contributed by atoms with Crippen molar-refractivity contribution in [2.24, 2.45) is 0 Å². The Morgan fingerprint density at radius 3 is 2.83 bits per heavy atom. The van der Waals surface area contributed by atoms with E-state index in [4.69, 9.17) is 0 Å². The number of hydrogen-bond donors (Lipinski definition) is 2. The zero-order chi connectivity index (χ0) is 8.97. The number of halogens is 1. The van der Waals surface area contributed by atoms with Crippen LogP contribution in [0.25, 0.3) is 0 Å². The first-order valence-corrected chi connectivity index (χ1v) is 4.54. The minimum Gasteiger partial charge on any atom is -0.373 e. The number of aromatic nitrogens is 1. The average molecular weight is 230 g/mol. The molecular formula is C8H12BrN3. The predicted molar refractivity (Wildman–Crippen MR) is 54.2 cm³/mol. The SMILES string of the molecule is CNCc1cc(NC)ncc1Br. The van der Waals surface area contributed by atoms with E-state index in [1.165, 1.54) is 5.56 Å². The lowest BCUT2D eigenvalue weighted by Crippen LogP contribution is -2.06. The van der Waals surface area contributed by atoms with Crippen LogP contribution in [0.4, 0.5) is 5.82 Å². The maximum absolute atomic E-state index is 4.15. The summed E-state index contributed by atoms with van der Waals surface area (Å²) in [4.78, 5) is 4.15. The summed E-state index contributed by atoms with van der Waals surface area (Å²) >= 11 is 3.43. The van der Waals surface area contributed by atoms with Crippen molar-refractivity contribution in [2.45, 2.75) is 6.54 Å². The van der Waals surface area contributed by atoms with Crippen LogP contribution in [0, 0.1) is 0 Å². The summed E-state index contributed by atoms with van der Waals surface area (Å²) < 4.78 is 1.04. The molecular weight excluding hydrogens is 218 g/mol. The van der Waals surface area contributed by atoms with Gasteiger partial charge in [-0.2, -0.15) is 0 Å². The molecule has 0 aliphatic heterocycles. The van der Waals surface area contributed by atoms with Gasteiger partial charge in [-0.1, -0.05) is 0 Å². The third-order valence-corrected chi connectivity index (χ3v) is 2.27. The normalized spacial score (nSPS) is 9.92. The van der Waals surface area contributed by atoms with E-state index in [2.05, 4.69) is 31.5 Å². The maximum atomic E-state index is 4.15. The fourth-order valence-corrected chi connectivity index (χ4v) is 1.30. The van der Waals surface area contributed by atoms with E-state index >= 15 is 0 Å². The van der Waals surface area contributed by atoms with Crippen molar-refractivity contribution in [3.63, 3.8) is 0 Å². The van der Waals surface area contributed by atoms with Crippen LogP contribution in [-0.2, 0) is 6.54 Å². The predicted octanol–water partition coefficient (Wildman–Crippen LogP) is 1.61. The quantitative estimate of drug-likeness (QED) is 0.828. The Bertz CT molecular complexity index is 262. The van der Waals surface area contributed by atoms with E-state index in [-0.39, 0.29) is 0 Å². The van der Waals surface area contributed by atoms with Gasteiger partial charge in [0.1, 0.15) is 5.82 Å². The topological polar surface area (TPSA) is 37.0 Å². The van der Waals surface area contributed by atoms with Crippen LogP contribution in [-0.4, -0.2) is 19.1 Å². The lowest BCUT2D eigenvalue weighted by atomic mass is 10.2. The molecule has 0 atom stereocenters. The van der Waals surface area contributed by atoms with Crippen LogP contribution in [0.1, 0.15) is 5.56 Å². The number of pyridine rings is 1. The van der Waals surface area contributed by atoms with E-state index in [0.29, 0.717) is 0 Å². The molecule has 0 unspecified atom stereocenters. The molecule has 1 aromatic rings. The van der Waals surface area contributed by atoms with Crippen molar-refractivity contribution in [1.29, 1.82) is 0 Å². The van der Waals surface area contributed by atoms with Crippen LogP contribution in [0.15, 0.2) is 16.7 Å². The second kappa shape index (κ2) is 4.42. The van der Waals surface area contributed by atoms with Crippen molar-refractivity contribution in [1.82, 2.24) is 10.3 Å². The molecule has 0 amide bonds. The number of anilines is 1. The van der Waals surface area contributed by atoms with Gasteiger partial charge in [-0.05, 0) is 34.6 Å². The van der Waals surface area contributed by atoms with Crippen molar-refractivity contribution in [3.05, 3.63) is 22.3 Å². The Morgan fingerprint density at radius 2 is 2.25 bits per heavy atom. The van der Waals surface area contributed by atoms with Crippen molar-refractivity contribution in [2.75, 3.05) is 19.4 Å². The number of nitrogens with one attached hydrogen (secondary N) is 2. The highest BCUT2D eigenvalue weighted by atomic mass is 79.9. The Labute approximate surface area is 80.7 Å². The van der Waals surface area contributed by atoms with Gasteiger partial charge < -0.3 is 10.6 Å². The Hall–Kier alpha value is -0.610. The first kappa shape index (κ1) is 9.48. The van der Waals surface area contributed by atoms with Crippen molar-refractivity contribution < 1.29 is 0 Å². The zero-order valence-electron chi connectivity index (χ0n) is 7.19. The second-order valence-corrected chi connectivity index (χ2v) is 3.30. The summed E-state index contributed by atoms with van der Waals surface area (Å²) in [5.41, 5.74) is 1.21. The van der Waals surface area contributed by atoms with Crippen LogP contribution in [0.2, 0.25) is 0 Å². The van der Waals surface area contributed by atoms with Gasteiger partial charge in [0.15, 0.2) is 0 Å². The summed E-state index contributed by atoms with van der Waals surface area (Å²) in [6.45, 7) is 0.845. The number of rotatable bonds is 3. The fraction of sp³-hybridized carbons (Fsp3) is 0.375. The molecule has 0 fully saturated rings. The molecule has 0 aliphatic carbocycles. The fourth-order valence-electron chi connectivity index (χ4n) is 0.943. The minimum atomic E-state index is 0.845. The smallest absolute Gasteiger partial charge is 0.126 e. The van der Waals surface area contributed by atoms with Crippen molar-refractivity contribution >= 4 is 21.7 Å². The highest BCUT2D eigenvalue weighted by Crippen LogP contribution is 2.17. The summed E-state index contributed by atoms with van der Waals surface area (Å²) in [5.74, 6) is 0.892. The lowest BCUT2D eigenvalue weighted by Gasteiger charge is -2.05. The molecule has 1 rings (SSSR count). The van der Waals surface area contributed by atoms with Gasteiger partial charge in [-0.3, -0.25) is 0 Å². The van der Waals surface area contributed by atoms with Crippen LogP contribution < -0.4 is 10.6 Å². The Morgan fingerprint density at radius 1 is 1.50 bits per heavy atom. The monoisotopic (exact) mass is 229 g/mol. The number of hydrogen-bond acceptors (Lipinski definition) is 3. The summed E-state index contributed by atoms with van der Waals surface area (Å²) in [5, 5.41) is 6.08. The van der Waals surface area contributed by atoms with Crippen LogP contribution in [0.3, 0.4) is 0 Å². The van der Waals surface area contributed by atoms with Gasteiger partial charge in [0, 0.05) is 24.3 Å². The van der Waals surface area contributed by atoms with Crippen LogP contribution in [0.5, 0.6) is 0 Å². The third-order valence-electron chi connectivity index (χ3n) is 1.56. The van der Waals surface area contributed by atoms with E-state index < -0.39 is 0 Å². The van der Waals surface area contributed by atoms with Gasteiger partial charge in [0.25, 0.3) is 0 Å². The molecule has 3 nitrogen and oxygen atoms in total. The molecule has 0 saturated carbocycles. The molecule has 0 radical (unpaired) electrons. The maximum Gasteiger partial charge on any atom is 0.126 e. The molecule has 0 aromatic carbocycles. The summed E-state index contributed by atoms with van der Waals surface area (Å²) in [6, 6.07) is 2.01. The summed E-state index contributed by atoms with van der Waals surface area (Å²) in [6.07, 6.45) is 1.80. The van der Waals surface area contributed by atoms with Gasteiger partial charge in [-0.15, -0.1) is 0 Å². The standard InChI is InChI=1S/C8H12BrN3/c1-10-4-6-3-8(11-2)12-5-7(6)9/h3,5,10H,4H2,1-2H3,(H,11,12). The summed E-state index contributed by atoms with van der Waals surface area (Å²) in [7, 11) is 3.78. The van der Waals surface area contributed by atoms with E-state index in [0.717, 1.165) is 16.8 Å². The first-order chi connectivity index (χ1) is 5.77. The number of nitrogens with zero attached hydrogens (tertiary/aromatic N) is 1. The van der Waals surface area contributed by atoms with Crippen molar-refractivity contribution in [3.8, 4) is 0 Å². The largest absolute Gasteiger partial charge is 0.373 e. The van der Waals surface area contributed by atoms with Gasteiger partial charge in [0.05, 0.1) is 0 Å². The molecule has 1 heterocycles. The molecule has 0 saturated heterocycles. The van der Waals surface area contributed by atoms with E-state index in [1.54, 1.807) is 6.20 Å². The lowest BCUT2D eigenvalue weighted by molar-refractivity contribution is 0.812. The highest BCUT2D eigenvalue weighted by molar-refractivity contribution is 9.10. The minimum absolute atomic E-state index is 0.845. The molecule has 4 heteroatoms. The molecule has 0 aliphatic rings. The Kier molecular flexibility index (Phi) is 3.49. The van der Waals surface area contributed by atoms with Gasteiger partial charge in [0.2, 0.25) is 0 Å².